The molecule has 1 aliphatic rings. The van der Waals surface area contributed by atoms with Gasteiger partial charge in [0.15, 0.2) is 0 Å². The van der Waals surface area contributed by atoms with Gasteiger partial charge < -0.3 is 10.5 Å². The lowest BCUT2D eigenvalue weighted by Gasteiger charge is -2.21. The van der Waals surface area contributed by atoms with E-state index in [9.17, 15) is 4.39 Å². The van der Waals surface area contributed by atoms with E-state index in [0.29, 0.717) is 12.5 Å². The number of halogens is 1. The highest BCUT2D eigenvalue weighted by Gasteiger charge is 2.13. The minimum Gasteiger partial charge on any atom is -0.396 e. The second kappa shape index (κ2) is 6.01. The first-order chi connectivity index (χ1) is 8.25. The molecule has 0 aromatic heterocycles. The predicted octanol–water partition coefficient (Wildman–Crippen LogP) is 3.50. The zero-order valence-corrected chi connectivity index (χ0v) is 10.1. The fourth-order valence-corrected chi connectivity index (χ4v) is 2.36. The SMILES string of the molecule is Nc1ccc(COCC2CCCCC2)cc1F. The topological polar surface area (TPSA) is 35.2 Å². The van der Waals surface area contributed by atoms with Gasteiger partial charge in [0.2, 0.25) is 0 Å². The van der Waals surface area contributed by atoms with Gasteiger partial charge in [0.25, 0.3) is 0 Å². The predicted molar refractivity (Wildman–Crippen MR) is 67.0 cm³/mol. The monoisotopic (exact) mass is 237 g/mol. The number of ether oxygens (including phenoxy) is 1. The van der Waals surface area contributed by atoms with Gasteiger partial charge in [0.05, 0.1) is 12.3 Å². The zero-order chi connectivity index (χ0) is 12.1. The standard InChI is InChI=1S/C14H20FNO/c15-13-8-12(6-7-14(13)16)10-17-9-11-4-2-1-3-5-11/h6-8,11H,1-5,9-10,16H2. The van der Waals surface area contributed by atoms with E-state index < -0.39 is 0 Å². The van der Waals surface area contributed by atoms with Crippen LogP contribution in [0.1, 0.15) is 37.7 Å². The summed E-state index contributed by atoms with van der Waals surface area (Å²) in [5.74, 6) is 0.339. The van der Waals surface area contributed by atoms with E-state index in [4.69, 9.17) is 10.5 Å². The molecule has 1 aliphatic carbocycles. The van der Waals surface area contributed by atoms with Crippen molar-refractivity contribution >= 4 is 5.69 Å². The van der Waals surface area contributed by atoms with Crippen LogP contribution in [-0.2, 0) is 11.3 Å². The number of hydrogen-bond acceptors (Lipinski definition) is 2. The first kappa shape index (κ1) is 12.4. The lowest BCUT2D eigenvalue weighted by Crippen LogP contribution is -2.13. The number of hydrogen-bond donors (Lipinski definition) is 1. The molecule has 0 spiro atoms. The largest absolute Gasteiger partial charge is 0.396 e. The summed E-state index contributed by atoms with van der Waals surface area (Å²) in [7, 11) is 0. The molecule has 0 radical (unpaired) electrons. The molecule has 3 heteroatoms. The van der Waals surface area contributed by atoms with E-state index >= 15 is 0 Å². The van der Waals surface area contributed by atoms with Crippen LogP contribution in [0.2, 0.25) is 0 Å². The normalized spacial score (nSPS) is 17.2. The molecule has 1 aromatic carbocycles. The third-order valence-electron chi connectivity index (χ3n) is 3.41. The van der Waals surface area contributed by atoms with Gasteiger partial charge in [0, 0.05) is 6.61 Å². The minimum atomic E-state index is -0.358. The van der Waals surface area contributed by atoms with Crippen molar-refractivity contribution in [2.45, 2.75) is 38.7 Å². The maximum absolute atomic E-state index is 13.2. The summed E-state index contributed by atoms with van der Waals surface area (Å²) in [5, 5.41) is 0. The van der Waals surface area contributed by atoms with Gasteiger partial charge in [-0.15, -0.1) is 0 Å². The van der Waals surface area contributed by atoms with Crippen molar-refractivity contribution in [1.29, 1.82) is 0 Å². The Bertz CT molecular complexity index is 361. The highest BCUT2D eigenvalue weighted by Crippen LogP contribution is 2.24. The van der Waals surface area contributed by atoms with Gasteiger partial charge in [0.1, 0.15) is 5.82 Å². The van der Waals surface area contributed by atoms with Crippen molar-refractivity contribution in [3.8, 4) is 0 Å². The molecule has 1 fully saturated rings. The highest BCUT2D eigenvalue weighted by molar-refractivity contribution is 5.41. The van der Waals surface area contributed by atoms with Crippen LogP contribution in [0.5, 0.6) is 0 Å². The molecule has 1 saturated carbocycles. The number of nitrogens with two attached hydrogens (primary N) is 1. The van der Waals surface area contributed by atoms with Crippen LogP contribution in [0.25, 0.3) is 0 Å². The summed E-state index contributed by atoms with van der Waals surface area (Å²) in [5.41, 5.74) is 6.47. The molecular weight excluding hydrogens is 217 g/mol. The van der Waals surface area contributed by atoms with Crippen molar-refractivity contribution in [2.24, 2.45) is 5.92 Å². The van der Waals surface area contributed by atoms with Gasteiger partial charge in [-0.2, -0.15) is 0 Å². The lowest BCUT2D eigenvalue weighted by molar-refractivity contribution is 0.0738. The summed E-state index contributed by atoms with van der Waals surface area (Å²) in [6.07, 6.45) is 6.56. The first-order valence-corrected chi connectivity index (χ1v) is 6.37. The molecule has 0 amide bonds. The fourth-order valence-electron chi connectivity index (χ4n) is 2.36. The van der Waals surface area contributed by atoms with Crippen LogP contribution in [0.4, 0.5) is 10.1 Å². The molecule has 2 N–H and O–H groups in total. The molecule has 0 heterocycles. The van der Waals surface area contributed by atoms with Crippen LogP contribution in [0.15, 0.2) is 18.2 Å². The Kier molecular flexibility index (Phi) is 4.37. The van der Waals surface area contributed by atoms with Crippen LogP contribution in [0, 0.1) is 11.7 Å². The molecule has 0 saturated heterocycles. The van der Waals surface area contributed by atoms with Crippen molar-refractivity contribution in [3.05, 3.63) is 29.6 Å². The Morgan fingerprint density at radius 3 is 2.71 bits per heavy atom. The highest BCUT2D eigenvalue weighted by atomic mass is 19.1. The molecule has 0 bridgehead atoms. The molecule has 0 atom stereocenters. The summed E-state index contributed by atoms with van der Waals surface area (Å²) in [4.78, 5) is 0. The van der Waals surface area contributed by atoms with Gasteiger partial charge >= 0.3 is 0 Å². The number of rotatable bonds is 4. The maximum atomic E-state index is 13.2. The van der Waals surface area contributed by atoms with E-state index in [0.717, 1.165) is 12.2 Å². The van der Waals surface area contributed by atoms with Gasteiger partial charge in [-0.1, -0.05) is 25.3 Å². The molecule has 1 aromatic rings. The number of benzene rings is 1. The molecule has 94 valence electrons. The van der Waals surface area contributed by atoms with Gasteiger partial charge in [-0.3, -0.25) is 0 Å². The van der Waals surface area contributed by atoms with E-state index in [-0.39, 0.29) is 11.5 Å². The molecular formula is C14H20FNO. The van der Waals surface area contributed by atoms with Crippen LogP contribution >= 0.6 is 0 Å². The van der Waals surface area contributed by atoms with Crippen LogP contribution < -0.4 is 5.73 Å². The molecule has 17 heavy (non-hydrogen) atoms. The first-order valence-electron chi connectivity index (χ1n) is 6.37. The fraction of sp³-hybridized carbons (Fsp3) is 0.571. The second-order valence-corrected chi connectivity index (χ2v) is 4.88. The van der Waals surface area contributed by atoms with Gasteiger partial charge in [-0.05, 0) is 36.5 Å². The quantitative estimate of drug-likeness (QED) is 0.813. The third kappa shape index (κ3) is 3.70. The van der Waals surface area contributed by atoms with Crippen molar-refractivity contribution < 1.29 is 9.13 Å². The van der Waals surface area contributed by atoms with Crippen molar-refractivity contribution in [3.63, 3.8) is 0 Å². The lowest BCUT2D eigenvalue weighted by atomic mass is 9.90. The van der Waals surface area contributed by atoms with Gasteiger partial charge in [-0.25, -0.2) is 4.39 Å². The van der Waals surface area contributed by atoms with E-state index in [1.165, 1.54) is 38.2 Å². The van der Waals surface area contributed by atoms with Crippen molar-refractivity contribution in [1.82, 2.24) is 0 Å². The average Bonchev–Trinajstić information content (AvgIpc) is 2.35. The molecule has 0 aliphatic heterocycles. The summed E-state index contributed by atoms with van der Waals surface area (Å²) in [6.45, 7) is 1.28. The Hall–Kier alpha value is -1.09. The van der Waals surface area contributed by atoms with Crippen LogP contribution in [-0.4, -0.2) is 6.61 Å². The Balaban J connectivity index is 1.75. The Labute approximate surface area is 102 Å². The van der Waals surface area contributed by atoms with E-state index in [2.05, 4.69) is 0 Å². The maximum Gasteiger partial charge on any atom is 0.146 e. The average molecular weight is 237 g/mol. The summed E-state index contributed by atoms with van der Waals surface area (Å²) in [6, 6.07) is 4.87. The molecule has 0 unspecified atom stereocenters. The van der Waals surface area contributed by atoms with Crippen LogP contribution in [0.3, 0.4) is 0 Å². The molecule has 2 nitrogen and oxygen atoms in total. The number of anilines is 1. The Morgan fingerprint density at radius 2 is 2.00 bits per heavy atom. The molecule has 2 rings (SSSR count). The summed E-state index contributed by atoms with van der Waals surface area (Å²) < 4.78 is 18.8. The van der Waals surface area contributed by atoms with E-state index in [1.807, 2.05) is 6.07 Å². The summed E-state index contributed by atoms with van der Waals surface area (Å²) >= 11 is 0. The van der Waals surface area contributed by atoms with Crippen molar-refractivity contribution in [2.75, 3.05) is 12.3 Å². The Morgan fingerprint density at radius 1 is 1.24 bits per heavy atom. The number of nitrogen functional groups attached to an aromatic ring is 1. The third-order valence-corrected chi connectivity index (χ3v) is 3.41. The van der Waals surface area contributed by atoms with E-state index in [1.54, 1.807) is 6.07 Å². The minimum absolute atomic E-state index is 0.195. The second-order valence-electron chi connectivity index (χ2n) is 4.88. The smallest absolute Gasteiger partial charge is 0.146 e. The zero-order valence-electron chi connectivity index (χ0n) is 10.1.